The maximum Gasteiger partial charge on any atom is 0.264 e. The number of hydrogen-bond acceptors (Lipinski definition) is 6. The fourth-order valence-corrected chi connectivity index (χ4v) is 5.98. The Hall–Kier alpha value is -3.24. The first-order valence-corrected chi connectivity index (χ1v) is 14.7. The fourth-order valence-electron chi connectivity index (χ4n) is 4.15. The number of sulfonamides is 1. The van der Waals surface area contributed by atoms with Crippen LogP contribution in [0.3, 0.4) is 0 Å². The van der Waals surface area contributed by atoms with Crippen LogP contribution in [0.1, 0.15) is 6.92 Å². The molecule has 1 saturated heterocycles. The zero-order valence-electron chi connectivity index (χ0n) is 20.8. The Labute approximate surface area is 221 Å². The van der Waals surface area contributed by atoms with E-state index in [2.05, 4.69) is 4.90 Å². The first-order valence-electron chi connectivity index (χ1n) is 12.0. The molecule has 1 amide bonds. The van der Waals surface area contributed by atoms with Crippen molar-refractivity contribution in [1.29, 1.82) is 0 Å². The summed E-state index contributed by atoms with van der Waals surface area (Å²) in [4.78, 5) is 18.2. The van der Waals surface area contributed by atoms with Gasteiger partial charge in [-0.05, 0) is 86.0 Å². The molecule has 7 nitrogen and oxygen atoms in total. The zero-order valence-corrected chi connectivity index (χ0v) is 22.5. The van der Waals surface area contributed by atoms with Crippen LogP contribution in [0.25, 0.3) is 0 Å². The minimum atomic E-state index is -4.01. The van der Waals surface area contributed by atoms with Crippen molar-refractivity contribution in [3.05, 3.63) is 78.6 Å². The molecule has 0 saturated carbocycles. The molecule has 1 aliphatic rings. The molecule has 196 valence electrons. The van der Waals surface area contributed by atoms with Gasteiger partial charge in [-0.3, -0.25) is 9.10 Å². The number of amides is 1. The lowest BCUT2D eigenvalue weighted by molar-refractivity contribution is -0.129. The van der Waals surface area contributed by atoms with Gasteiger partial charge in [0.25, 0.3) is 10.0 Å². The third-order valence-electron chi connectivity index (χ3n) is 6.19. The van der Waals surface area contributed by atoms with Gasteiger partial charge in [0.05, 0.1) is 17.2 Å². The van der Waals surface area contributed by atoms with E-state index in [1.54, 1.807) is 65.6 Å². The molecule has 0 bridgehead atoms. The Morgan fingerprint density at radius 3 is 2.14 bits per heavy atom. The lowest BCUT2D eigenvalue weighted by Crippen LogP contribution is -2.52. The minimum absolute atomic E-state index is 0.119. The first-order chi connectivity index (χ1) is 17.8. The highest BCUT2D eigenvalue weighted by atomic mass is 32.2. The van der Waals surface area contributed by atoms with Crippen molar-refractivity contribution in [3.8, 4) is 5.75 Å². The van der Waals surface area contributed by atoms with Crippen LogP contribution in [0.5, 0.6) is 5.75 Å². The monoisotopic (exact) mass is 543 g/mol. The number of rotatable bonds is 9. The molecule has 1 aliphatic heterocycles. The Bertz CT molecular complexity index is 1290. The van der Waals surface area contributed by atoms with E-state index in [0.717, 1.165) is 14.9 Å². The molecule has 10 heteroatoms. The summed E-state index contributed by atoms with van der Waals surface area (Å²) >= 11 is 1.52. The van der Waals surface area contributed by atoms with Crippen LogP contribution in [0.2, 0.25) is 0 Å². The second kappa shape index (κ2) is 11.9. The Morgan fingerprint density at radius 2 is 1.57 bits per heavy atom. The number of piperazine rings is 1. The Kier molecular flexibility index (Phi) is 8.60. The van der Waals surface area contributed by atoms with E-state index in [-0.39, 0.29) is 23.2 Å². The van der Waals surface area contributed by atoms with Gasteiger partial charge in [-0.15, -0.1) is 11.8 Å². The van der Waals surface area contributed by atoms with Gasteiger partial charge < -0.3 is 14.5 Å². The smallest absolute Gasteiger partial charge is 0.264 e. The Morgan fingerprint density at radius 1 is 0.946 bits per heavy atom. The van der Waals surface area contributed by atoms with Crippen molar-refractivity contribution >= 4 is 39.1 Å². The molecular formula is C27H30FN3O4S2. The summed E-state index contributed by atoms with van der Waals surface area (Å²) in [6.45, 7) is 4.07. The van der Waals surface area contributed by atoms with Gasteiger partial charge in [-0.2, -0.15) is 0 Å². The second-order valence-corrected chi connectivity index (χ2v) is 11.2. The highest BCUT2D eigenvalue weighted by Gasteiger charge is 2.30. The normalized spacial score (nSPS) is 13.9. The summed E-state index contributed by atoms with van der Waals surface area (Å²) < 4.78 is 47.3. The summed E-state index contributed by atoms with van der Waals surface area (Å²) in [5, 5.41) is 0. The molecule has 3 aromatic rings. The van der Waals surface area contributed by atoms with E-state index in [0.29, 0.717) is 44.2 Å². The van der Waals surface area contributed by atoms with Crippen molar-refractivity contribution in [2.75, 3.05) is 54.8 Å². The van der Waals surface area contributed by atoms with E-state index in [1.807, 2.05) is 13.2 Å². The number of anilines is 2. The number of halogens is 1. The van der Waals surface area contributed by atoms with Crippen LogP contribution in [-0.2, 0) is 14.8 Å². The average Bonchev–Trinajstić information content (AvgIpc) is 2.93. The predicted octanol–water partition coefficient (Wildman–Crippen LogP) is 4.49. The van der Waals surface area contributed by atoms with Crippen LogP contribution in [0, 0.1) is 5.82 Å². The molecule has 0 unspecified atom stereocenters. The van der Waals surface area contributed by atoms with Crippen molar-refractivity contribution in [2.45, 2.75) is 16.7 Å². The van der Waals surface area contributed by atoms with E-state index in [4.69, 9.17) is 4.74 Å². The van der Waals surface area contributed by atoms with Crippen LogP contribution in [0.15, 0.2) is 82.6 Å². The number of nitrogens with zero attached hydrogens (tertiary/aromatic N) is 3. The zero-order chi connectivity index (χ0) is 26.4. The van der Waals surface area contributed by atoms with Gasteiger partial charge in [0, 0.05) is 36.8 Å². The number of carbonyl (C=O) groups excluding carboxylic acids is 1. The van der Waals surface area contributed by atoms with E-state index in [1.165, 1.54) is 23.9 Å². The highest BCUT2D eigenvalue weighted by Crippen LogP contribution is 2.28. The standard InChI is InChI=1S/C27H30FN3O4S2/c1-3-35-24-10-8-23(9-11-24)31(37(33,34)26-14-12-25(36-2)13-15-26)20-27(32)30-18-16-29(17-19-30)22-6-4-21(28)5-7-22/h4-15H,3,16-20H2,1-2H3. The molecule has 1 heterocycles. The molecule has 0 aliphatic carbocycles. The largest absolute Gasteiger partial charge is 0.494 e. The van der Waals surface area contributed by atoms with Crippen LogP contribution >= 0.6 is 11.8 Å². The number of thioether (sulfide) groups is 1. The molecule has 1 fully saturated rings. The fraction of sp³-hybridized carbons (Fsp3) is 0.296. The first kappa shape index (κ1) is 26.8. The summed E-state index contributed by atoms with van der Waals surface area (Å²) in [6, 6.07) is 19.6. The summed E-state index contributed by atoms with van der Waals surface area (Å²) in [7, 11) is -4.01. The topological polar surface area (TPSA) is 70.2 Å². The summed E-state index contributed by atoms with van der Waals surface area (Å²) in [5.41, 5.74) is 1.27. The van der Waals surface area contributed by atoms with E-state index >= 15 is 0 Å². The van der Waals surface area contributed by atoms with Crippen molar-refractivity contribution in [2.24, 2.45) is 0 Å². The third kappa shape index (κ3) is 6.37. The number of carbonyl (C=O) groups is 1. The molecule has 4 rings (SSSR count). The average molecular weight is 544 g/mol. The quantitative estimate of drug-likeness (QED) is 0.371. The molecule has 0 radical (unpaired) electrons. The maximum atomic E-state index is 13.7. The molecular weight excluding hydrogens is 513 g/mol. The van der Waals surface area contributed by atoms with Crippen LogP contribution in [-0.4, -0.2) is 64.8 Å². The lowest BCUT2D eigenvalue weighted by atomic mass is 10.2. The van der Waals surface area contributed by atoms with Crippen molar-refractivity contribution in [1.82, 2.24) is 4.90 Å². The molecule has 0 N–H and O–H groups in total. The minimum Gasteiger partial charge on any atom is -0.494 e. The van der Waals surface area contributed by atoms with Crippen LogP contribution in [0.4, 0.5) is 15.8 Å². The third-order valence-corrected chi connectivity index (χ3v) is 8.72. The number of benzene rings is 3. The van der Waals surface area contributed by atoms with Crippen molar-refractivity contribution in [3.63, 3.8) is 0 Å². The lowest BCUT2D eigenvalue weighted by Gasteiger charge is -2.37. The SMILES string of the molecule is CCOc1ccc(N(CC(=O)N2CCN(c3ccc(F)cc3)CC2)S(=O)(=O)c2ccc(SC)cc2)cc1. The summed E-state index contributed by atoms with van der Waals surface area (Å²) in [5.74, 6) is 0.0457. The van der Waals surface area contributed by atoms with E-state index < -0.39 is 10.0 Å². The summed E-state index contributed by atoms with van der Waals surface area (Å²) in [6.07, 6.45) is 1.92. The van der Waals surface area contributed by atoms with Gasteiger partial charge in [-0.1, -0.05) is 0 Å². The van der Waals surface area contributed by atoms with Crippen LogP contribution < -0.4 is 13.9 Å². The van der Waals surface area contributed by atoms with Gasteiger partial charge in [-0.25, -0.2) is 12.8 Å². The number of hydrogen-bond donors (Lipinski definition) is 0. The van der Waals surface area contributed by atoms with E-state index in [9.17, 15) is 17.6 Å². The molecule has 0 atom stereocenters. The second-order valence-electron chi connectivity index (χ2n) is 8.46. The van der Waals surface area contributed by atoms with Gasteiger partial charge in [0.2, 0.25) is 5.91 Å². The molecule has 0 aromatic heterocycles. The number of ether oxygens (including phenoxy) is 1. The molecule has 37 heavy (non-hydrogen) atoms. The predicted molar refractivity (Wildman–Crippen MR) is 146 cm³/mol. The van der Waals surface area contributed by atoms with Gasteiger partial charge in [0.15, 0.2) is 0 Å². The van der Waals surface area contributed by atoms with Gasteiger partial charge in [0.1, 0.15) is 18.1 Å². The highest BCUT2D eigenvalue weighted by molar-refractivity contribution is 7.98. The molecule has 3 aromatic carbocycles. The molecule has 0 spiro atoms. The van der Waals surface area contributed by atoms with Crippen molar-refractivity contribution < 1.29 is 22.3 Å². The van der Waals surface area contributed by atoms with Gasteiger partial charge >= 0.3 is 0 Å². The Balaban J connectivity index is 1.53. The maximum absolute atomic E-state index is 13.7.